The van der Waals surface area contributed by atoms with Crippen LogP contribution in [0.3, 0.4) is 0 Å². The minimum absolute atomic E-state index is 0.0482. The number of amides is 1. The van der Waals surface area contributed by atoms with Crippen LogP contribution in [0.25, 0.3) is 22.2 Å². The fraction of sp³-hybridized carbons (Fsp3) is 0.500. The lowest BCUT2D eigenvalue weighted by molar-refractivity contribution is -0.124. The van der Waals surface area contributed by atoms with Crippen molar-refractivity contribution in [3.05, 3.63) is 48.3 Å². The Labute approximate surface area is 183 Å². The van der Waals surface area contributed by atoms with E-state index in [9.17, 15) is 4.79 Å². The number of aryl methyl sites for hydroxylation is 1. The molecule has 7 rings (SSSR count). The zero-order chi connectivity index (χ0) is 21.0. The number of carbonyl (C=O) groups is 1. The van der Waals surface area contributed by atoms with Crippen LogP contribution in [-0.4, -0.2) is 27.2 Å². The SMILES string of the molecule is Cc1nn(CC(=O)NCC23CC4CC(CC(C4)C2)C3)c2nccc(-c3ccccc3)c12. The number of fused-ring (bicyclic) bond motifs is 1. The first-order valence-electron chi connectivity index (χ1n) is 11.7. The second-order valence-corrected chi connectivity index (χ2v) is 10.4. The van der Waals surface area contributed by atoms with Gasteiger partial charge in [-0.15, -0.1) is 0 Å². The van der Waals surface area contributed by atoms with Gasteiger partial charge in [0.15, 0.2) is 5.65 Å². The van der Waals surface area contributed by atoms with E-state index in [0.717, 1.165) is 52.2 Å². The van der Waals surface area contributed by atoms with Crippen LogP contribution in [0.5, 0.6) is 0 Å². The predicted molar refractivity (Wildman–Crippen MR) is 121 cm³/mol. The van der Waals surface area contributed by atoms with E-state index in [1.165, 1.54) is 38.5 Å². The van der Waals surface area contributed by atoms with Crippen LogP contribution >= 0.6 is 0 Å². The van der Waals surface area contributed by atoms with Gasteiger partial charge in [-0.3, -0.25) is 4.79 Å². The molecule has 5 nitrogen and oxygen atoms in total. The summed E-state index contributed by atoms with van der Waals surface area (Å²) >= 11 is 0. The molecule has 4 fully saturated rings. The maximum absolute atomic E-state index is 12.9. The Kier molecular flexibility index (Phi) is 4.41. The van der Waals surface area contributed by atoms with Gasteiger partial charge in [0.05, 0.1) is 5.69 Å². The lowest BCUT2D eigenvalue weighted by Gasteiger charge is -2.56. The van der Waals surface area contributed by atoms with Gasteiger partial charge in [0.25, 0.3) is 0 Å². The summed E-state index contributed by atoms with van der Waals surface area (Å²) in [6.07, 6.45) is 10.0. The Morgan fingerprint density at radius 2 is 1.74 bits per heavy atom. The van der Waals surface area contributed by atoms with E-state index in [-0.39, 0.29) is 12.5 Å². The fourth-order valence-corrected chi connectivity index (χ4v) is 7.23. The van der Waals surface area contributed by atoms with E-state index in [4.69, 9.17) is 0 Å². The minimum Gasteiger partial charge on any atom is -0.354 e. The highest BCUT2D eigenvalue weighted by atomic mass is 16.2. The molecule has 5 heteroatoms. The zero-order valence-electron chi connectivity index (χ0n) is 18.2. The second-order valence-electron chi connectivity index (χ2n) is 10.4. The quantitative estimate of drug-likeness (QED) is 0.656. The Morgan fingerprint density at radius 1 is 1.06 bits per heavy atom. The molecule has 4 aliphatic rings. The summed E-state index contributed by atoms with van der Waals surface area (Å²) in [6.45, 7) is 3.05. The molecule has 0 saturated heterocycles. The third-order valence-electron chi connectivity index (χ3n) is 8.01. The van der Waals surface area contributed by atoms with Gasteiger partial charge >= 0.3 is 0 Å². The lowest BCUT2D eigenvalue weighted by atomic mass is 9.49. The van der Waals surface area contributed by atoms with Gasteiger partial charge < -0.3 is 5.32 Å². The first-order chi connectivity index (χ1) is 15.1. The lowest BCUT2D eigenvalue weighted by Crippen LogP contribution is -2.51. The van der Waals surface area contributed by atoms with Crippen LogP contribution in [-0.2, 0) is 11.3 Å². The number of benzene rings is 1. The van der Waals surface area contributed by atoms with E-state index in [1.807, 2.05) is 37.4 Å². The van der Waals surface area contributed by atoms with Gasteiger partial charge in [0, 0.05) is 18.1 Å². The van der Waals surface area contributed by atoms with E-state index >= 15 is 0 Å². The largest absolute Gasteiger partial charge is 0.354 e. The highest BCUT2D eigenvalue weighted by Gasteiger charge is 2.50. The van der Waals surface area contributed by atoms with Crippen molar-refractivity contribution in [2.45, 2.75) is 52.0 Å². The average molecular weight is 415 g/mol. The number of carbonyl (C=O) groups excluding carboxylic acids is 1. The minimum atomic E-state index is 0.0482. The van der Waals surface area contributed by atoms with Crippen molar-refractivity contribution in [1.29, 1.82) is 0 Å². The first kappa shape index (κ1) is 19.0. The summed E-state index contributed by atoms with van der Waals surface area (Å²) < 4.78 is 1.77. The maximum atomic E-state index is 12.9. The van der Waals surface area contributed by atoms with Gasteiger partial charge in [-0.05, 0) is 85.8 Å². The molecule has 2 heterocycles. The van der Waals surface area contributed by atoms with Crippen LogP contribution in [0.1, 0.15) is 44.2 Å². The molecule has 4 aliphatic carbocycles. The third kappa shape index (κ3) is 3.35. The fourth-order valence-electron chi connectivity index (χ4n) is 7.23. The number of nitrogens with zero attached hydrogens (tertiary/aromatic N) is 3. The number of hydrogen-bond donors (Lipinski definition) is 1. The Bertz CT molecular complexity index is 1100. The molecular formula is C26H30N4O. The van der Waals surface area contributed by atoms with Crippen molar-refractivity contribution in [2.24, 2.45) is 23.2 Å². The highest BCUT2D eigenvalue weighted by molar-refractivity contribution is 5.95. The van der Waals surface area contributed by atoms with Crippen molar-refractivity contribution in [2.75, 3.05) is 6.54 Å². The second kappa shape index (κ2) is 7.18. The summed E-state index contributed by atoms with van der Waals surface area (Å²) in [5.41, 5.74) is 4.30. The molecule has 1 aromatic carbocycles. The van der Waals surface area contributed by atoms with Gasteiger partial charge in [-0.2, -0.15) is 5.10 Å². The molecule has 4 bridgehead atoms. The number of hydrogen-bond acceptors (Lipinski definition) is 3. The number of nitrogens with one attached hydrogen (secondary N) is 1. The van der Waals surface area contributed by atoms with Crippen molar-refractivity contribution in [3.63, 3.8) is 0 Å². The first-order valence-corrected chi connectivity index (χ1v) is 11.7. The molecule has 31 heavy (non-hydrogen) atoms. The Morgan fingerprint density at radius 3 is 2.42 bits per heavy atom. The van der Waals surface area contributed by atoms with Crippen LogP contribution < -0.4 is 5.32 Å². The highest BCUT2D eigenvalue weighted by Crippen LogP contribution is 2.59. The van der Waals surface area contributed by atoms with Crippen molar-refractivity contribution in [1.82, 2.24) is 20.1 Å². The molecule has 2 aromatic heterocycles. The van der Waals surface area contributed by atoms with E-state index in [2.05, 4.69) is 27.5 Å². The topological polar surface area (TPSA) is 59.8 Å². The molecule has 0 radical (unpaired) electrons. The molecule has 160 valence electrons. The summed E-state index contributed by atoms with van der Waals surface area (Å²) in [4.78, 5) is 17.5. The Balaban J connectivity index is 1.20. The molecule has 1 N–H and O–H groups in total. The molecule has 3 aromatic rings. The van der Waals surface area contributed by atoms with Crippen molar-refractivity contribution < 1.29 is 4.79 Å². The summed E-state index contributed by atoms with van der Waals surface area (Å²) in [7, 11) is 0. The molecule has 1 amide bonds. The summed E-state index contributed by atoms with van der Waals surface area (Å²) in [6, 6.07) is 12.3. The summed E-state index contributed by atoms with van der Waals surface area (Å²) in [5.74, 6) is 2.76. The standard InChI is InChI=1S/C26H30N4O/c1-17-24-22(21-5-3-2-4-6-21)7-8-27-25(24)30(29-17)15-23(31)28-16-26-12-18-9-19(13-26)11-20(10-18)14-26/h2-8,18-20H,9-16H2,1H3,(H,28,31). The molecular weight excluding hydrogens is 384 g/mol. The third-order valence-corrected chi connectivity index (χ3v) is 8.01. The van der Waals surface area contributed by atoms with Gasteiger partial charge in [-0.25, -0.2) is 9.67 Å². The molecule has 0 aliphatic heterocycles. The summed E-state index contributed by atoms with van der Waals surface area (Å²) in [5, 5.41) is 8.99. The molecule has 0 unspecified atom stereocenters. The van der Waals surface area contributed by atoms with Gasteiger partial charge in [0.2, 0.25) is 5.91 Å². The van der Waals surface area contributed by atoms with Crippen LogP contribution in [0.15, 0.2) is 42.6 Å². The Hall–Kier alpha value is -2.69. The van der Waals surface area contributed by atoms with Crippen LogP contribution in [0.2, 0.25) is 0 Å². The zero-order valence-corrected chi connectivity index (χ0v) is 18.2. The predicted octanol–water partition coefficient (Wildman–Crippen LogP) is 4.74. The van der Waals surface area contributed by atoms with Gasteiger partial charge in [-0.1, -0.05) is 30.3 Å². The smallest absolute Gasteiger partial charge is 0.241 e. The van der Waals surface area contributed by atoms with Crippen LogP contribution in [0.4, 0.5) is 0 Å². The van der Waals surface area contributed by atoms with Crippen molar-refractivity contribution in [3.8, 4) is 11.1 Å². The molecule has 4 saturated carbocycles. The van der Waals surface area contributed by atoms with E-state index in [1.54, 1.807) is 4.68 Å². The van der Waals surface area contributed by atoms with Crippen molar-refractivity contribution >= 4 is 16.9 Å². The molecule has 0 spiro atoms. The maximum Gasteiger partial charge on any atom is 0.241 e. The average Bonchev–Trinajstić information content (AvgIpc) is 3.07. The number of aromatic nitrogens is 3. The van der Waals surface area contributed by atoms with E-state index < -0.39 is 0 Å². The van der Waals surface area contributed by atoms with Gasteiger partial charge in [0.1, 0.15) is 6.54 Å². The normalized spacial score (nSPS) is 28.9. The van der Waals surface area contributed by atoms with E-state index in [0.29, 0.717) is 5.41 Å². The number of rotatable bonds is 5. The molecule has 0 atom stereocenters. The monoisotopic (exact) mass is 414 g/mol. The number of pyridine rings is 1. The van der Waals surface area contributed by atoms with Crippen LogP contribution in [0, 0.1) is 30.1 Å².